The van der Waals surface area contributed by atoms with Gasteiger partial charge in [-0.05, 0) is 18.3 Å². The van der Waals surface area contributed by atoms with Crippen LogP contribution in [-0.2, 0) is 14.3 Å². The fourth-order valence-electron chi connectivity index (χ4n) is 1.54. The third-order valence-electron chi connectivity index (χ3n) is 2.79. The lowest BCUT2D eigenvalue weighted by atomic mass is 10.1. The first kappa shape index (κ1) is 10.1. The minimum absolute atomic E-state index is 0.0457. The van der Waals surface area contributed by atoms with E-state index in [4.69, 9.17) is 4.74 Å². The van der Waals surface area contributed by atoms with Crippen LogP contribution in [0.25, 0.3) is 0 Å². The molecule has 0 unspecified atom stereocenters. The van der Waals surface area contributed by atoms with Gasteiger partial charge in [0.05, 0.1) is 0 Å². The molecule has 2 rings (SSSR count). The molecule has 78 valence electrons. The maximum atomic E-state index is 11.4. The normalized spacial score (nSPS) is 25.4. The van der Waals surface area contributed by atoms with Crippen molar-refractivity contribution < 1.29 is 14.3 Å². The summed E-state index contributed by atoms with van der Waals surface area (Å²) in [6.45, 7) is 0.646. The summed E-state index contributed by atoms with van der Waals surface area (Å²) in [5, 5.41) is 0.859. The van der Waals surface area contributed by atoms with Crippen molar-refractivity contribution in [2.45, 2.75) is 12.8 Å². The van der Waals surface area contributed by atoms with Crippen LogP contribution in [0.4, 0.5) is 0 Å². The van der Waals surface area contributed by atoms with Crippen molar-refractivity contribution in [2.75, 3.05) is 25.1 Å². The highest BCUT2D eigenvalue weighted by Crippen LogP contribution is 2.47. The molecule has 1 heterocycles. The molecule has 4 nitrogen and oxygen atoms in total. The summed E-state index contributed by atoms with van der Waals surface area (Å²) in [5.41, 5.74) is 0.155. The number of carbonyl (C=O) groups is 2. The van der Waals surface area contributed by atoms with E-state index in [0.717, 1.165) is 18.2 Å². The predicted molar refractivity (Wildman–Crippen MR) is 53.0 cm³/mol. The number of nitrogens with zero attached hydrogens (tertiary/aromatic N) is 1. The molecule has 1 saturated carbocycles. The van der Waals surface area contributed by atoms with Crippen LogP contribution in [0.1, 0.15) is 12.8 Å². The summed E-state index contributed by atoms with van der Waals surface area (Å²) in [4.78, 5) is 24.1. The number of imide groups is 1. The van der Waals surface area contributed by atoms with Gasteiger partial charge in [-0.2, -0.15) is 0 Å². The standard InChI is InChI=1S/C9H12BrNO3/c10-5-9(1-2-9)6-11-7(12)3-14-4-8(11)13/h1-6H2. The number of ether oxygens (including phenoxy) is 1. The molecule has 1 saturated heterocycles. The van der Waals surface area contributed by atoms with E-state index in [-0.39, 0.29) is 30.4 Å². The van der Waals surface area contributed by atoms with Crippen LogP contribution in [0.5, 0.6) is 0 Å². The van der Waals surface area contributed by atoms with Crippen molar-refractivity contribution in [1.82, 2.24) is 4.90 Å². The average molecular weight is 262 g/mol. The van der Waals surface area contributed by atoms with Crippen molar-refractivity contribution in [3.8, 4) is 0 Å². The lowest BCUT2D eigenvalue weighted by Crippen LogP contribution is -2.48. The highest BCUT2D eigenvalue weighted by atomic mass is 79.9. The third kappa shape index (κ3) is 1.83. The number of carbonyl (C=O) groups excluding carboxylic acids is 2. The Morgan fingerprint density at radius 3 is 2.29 bits per heavy atom. The van der Waals surface area contributed by atoms with Crippen LogP contribution in [0.15, 0.2) is 0 Å². The third-order valence-corrected chi connectivity index (χ3v) is 3.98. The number of amides is 2. The Hall–Kier alpha value is -0.420. The smallest absolute Gasteiger partial charge is 0.255 e. The van der Waals surface area contributed by atoms with E-state index in [0.29, 0.717) is 6.54 Å². The first-order chi connectivity index (χ1) is 6.67. The second-order valence-corrected chi connectivity index (χ2v) is 4.56. The van der Waals surface area contributed by atoms with E-state index in [1.54, 1.807) is 0 Å². The van der Waals surface area contributed by atoms with Crippen LogP contribution >= 0.6 is 15.9 Å². The van der Waals surface area contributed by atoms with Crippen LogP contribution in [0, 0.1) is 5.41 Å². The minimum Gasteiger partial charge on any atom is -0.362 e. The number of hydrogen-bond donors (Lipinski definition) is 0. The molecule has 2 aliphatic rings. The summed E-state index contributed by atoms with van der Waals surface area (Å²) in [7, 11) is 0. The Kier molecular flexibility index (Phi) is 2.62. The predicted octanol–water partition coefficient (Wildman–Crippen LogP) is 0.547. The fourth-order valence-corrected chi connectivity index (χ4v) is 2.28. The molecular weight excluding hydrogens is 250 g/mol. The maximum absolute atomic E-state index is 11.4. The largest absolute Gasteiger partial charge is 0.362 e. The number of rotatable bonds is 3. The molecule has 0 spiro atoms. The second kappa shape index (κ2) is 3.62. The molecule has 0 radical (unpaired) electrons. The van der Waals surface area contributed by atoms with Gasteiger partial charge in [-0.3, -0.25) is 14.5 Å². The van der Waals surface area contributed by atoms with Gasteiger partial charge in [0.15, 0.2) is 0 Å². The van der Waals surface area contributed by atoms with E-state index >= 15 is 0 Å². The molecule has 14 heavy (non-hydrogen) atoms. The zero-order chi connectivity index (χ0) is 10.2. The maximum Gasteiger partial charge on any atom is 0.255 e. The Balaban J connectivity index is 2.01. The number of morpholine rings is 1. The van der Waals surface area contributed by atoms with E-state index in [1.807, 2.05) is 0 Å². The molecule has 1 aliphatic carbocycles. The molecule has 0 aromatic heterocycles. The summed E-state index contributed by atoms with van der Waals surface area (Å²) < 4.78 is 4.84. The van der Waals surface area contributed by atoms with Crippen molar-refractivity contribution >= 4 is 27.7 Å². The lowest BCUT2D eigenvalue weighted by molar-refractivity contribution is -0.159. The Morgan fingerprint density at radius 1 is 1.29 bits per heavy atom. The van der Waals surface area contributed by atoms with Crippen LogP contribution in [0.3, 0.4) is 0 Å². The minimum atomic E-state index is -0.200. The number of hydrogen-bond acceptors (Lipinski definition) is 3. The summed E-state index contributed by atoms with van der Waals surface area (Å²) in [5.74, 6) is -0.401. The topological polar surface area (TPSA) is 46.6 Å². The van der Waals surface area contributed by atoms with Crippen molar-refractivity contribution in [2.24, 2.45) is 5.41 Å². The molecular formula is C9H12BrNO3. The molecule has 2 fully saturated rings. The zero-order valence-corrected chi connectivity index (χ0v) is 9.38. The molecule has 0 N–H and O–H groups in total. The Labute approximate surface area is 90.7 Å². The van der Waals surface area contributed by atoms with Gasteiger partial charge in [-0.25, -0.2) is 0 Å². The summed E-state index contributed by atoms with van der Waals surface area (Å²) in [6, 6.07) is 0. The number of alkyl halides is 1. The Morgan fingerprint density at radius 2 is 1.86 bits per heavy atom. The average Bonchev–Trinajstić information content (AvgIpc) is 2.93. The van der Waals surface area contributed by atoms with Crippen molar-refractivity contribution in [1.29, 1.82) is 0 Å². The quantitative estimate of drug-likeness (QED) is 0.551. The van der Waals surface area contributed by atoms with Gasteiger partial charge >= 0.3 is 0 Å². The van der Waals surface area contributed by atoms with E-state index in [1.165, 1.54) is 4.90 Å². The summed E-state index contributed by atoms with van der Waals surface area (Å²) in [6.07, 6.45) is 2.19. The monoisotopic (exact) mass is 261 g/mol. The molecule has 1 aliphatic heterocycles. The van der Waals surface area contributed by atoms with Gasteiger partial charge in [0.1, 0.15) is 13.2 Å². The van der Waals surface area contributed by atoms with Gasteiger partial charge in [-0.15, -0.1) is 0 Å². The fraction of sp³-hybridized carbons (Fsp3) is 0.778. The van der Waals surface area contributed by atoms with Gasteiger partial charge < -0.3 is 4.74 Å². The molecule has 0 aromatic carbocycles. The molecule has 0 aromatic rings. The second-order valence-electron chi connectivity index (χ2n) is 4.00. The van der Waals surface area contributed by atoms with E-state index < -0.39 is 0 Å². The summed E-state index contributed by atoms with van der Waals surface area (Å²) >= 11 is 3.42. The first-order valence-electron chi connectivity index (χ1n) is 4.64. The van der Waals surface area contributed by atoms with Crippen LogP contribution in [-0.4, -0.2) is 41.8 Å². The van der Waals surface area contributed by atoms with Crippen LogP contribution < -0.4 is 0 Å². The molecule has 0 atom stereocenters. The van der Waals surface area contributed by atoms with Crippen LogP contribution in [0.2, 0.25) is 0 Å². The number of halogens is 1. The van der Waals surface area contributed by atoms with E-state index in [9.17, 15) is 9.59 Å². The highest BCUT2D eigenvalue weighted by molar-refractivity contribution is 9.09. The first-order valence-corrected chi connectivity index (χ1v) is 5.76. The zero-order valence-electron chi connectivity index (χ0n) is 7.79. The molecule has 2 amide bonds. The van der Waals surface area contributed by atoms with Gasteiger partial charge in [0.2, 0.25) is 0 Å². The lowest BCUT2D eigenvalue weighted by Gasteiger charge is -2.28. The highest BCUT2D eigenvalue weighted by Gasteiger charge is 2.45. The van der Waals surface area contributed by atoms with Crippen molar-refractivity contribution in [3.05, 3.63) is 0 Å². The SMILES string of the molecule is O=C1COCC(=O)N1CC1(CBr)CC1. The van der Waals surface area contributed by atoms with E-state index in [2.05, 4.69) is 15.9 Å². The Bertz CT molecular complexity index is 259. The van der Waals surface area contributed by atoms with Gasteiger partial charge in [-0.1, -0.05) is 15.9 Å². The van der Waals surface area contributed by atoms with Crippen molar-refractivity contribution in [3.63, 3.8) is 0 Å². The molecule has 0 bridgehead atoms. The van der Waals surface area contributed by atoms with Gasteiger partial charge in [0, 0.05) is 11.9 Å². The molecule has 5 heteroatoms. The van der Waals surface area contributed by atoms with Gasteiger partial charge in [0.25, 0.3) is 11.8 Å².